The van der Waals surface area contributed by atoms with Crippen LogP contribution in [0.25, 0.3) is 11.3 Å². The molecule has 1 N–H and O–H groups in total. The predicted molar refractivity (Wildman–Crippen MR) is 66.2 cm³/mol. The van der Waals surface area contributed by atoms with Gasteiger partial charge in [0.25, 0.3) is 0 Å². The Kier molecular flexibility index (Phi) is 3.54. The Bertz CT molecular complexity index is 505. The van der Waals surface area contributed by atoms with E-state index in [1.165, 1.54) is 6.07 Å². The molecule has 17 heavy (non-hydrogen) atoms. The van der Waals surface area contributed by atoms with Crippen molar-refractivity contribution < 1.29 is 4.39 Å². The number of aromatic nitrogens is 2. The number of nitrogens with zero attached hydrogens (tertiary/aromatic N) is 2. The van der Waals surface area contributed by atoms with E-state index in [1.54, 1.807) is 16.8 Å². The van der Waals surface area contributed by atoms with Crippen LogP contribution in [0.2, 0.25) is 0 Å². The van der Waals surface area contributed by atoms with E-state index >= 15 is 0 Å². The van der Waals surface area contributed by atoms with Crippen LogP contribution >= 0.6 is 0 Å². The van der Waals surface area contributed by atoms with Crippen LogP contribution in [0, 0.1) is 5.82 Å². The maximum atomic E-state index is 13.2. The summed E-state index contributed by atoms with van der Waals surface area (Å²) in [6.45, 7) is 0.883. The van der Waals surface area contributed by atoms with E-state index in [-0.39, 0.29) is 5.82 Å². The predicted octanol–water partition coefficient (Wildman–Crippen LogP) is 1.99. The first kappa shape index (κ1) is 11.8. The molecular formula is C13H16FN3. The zero-order valence-corrected chi connectivity index (χ0v) is 10.1. The molecule has 0 unspecified atom stereocenters. The average molecular weight is 233 g/mol. The molecule has 0 saturated heterocycles. The van der Waals surface area contributed by atoms with Crippen LogP contribution in [0.15, 0.2) is 30.5 Å². The van der Waals surface area contributed by atoms with E-state index in [1.807, 2.05) is 26.4 Å². The molecule has 1 aromatic heterocycles. The third-order valence-electron chi connectivity index (χ3n) is 2.76. The highest BCUT2D eigenvalue weighted by Crippen LogP contribution is 2.23. The highest BCUT2D eigenvalue weighted by molar-refractivity contribution is 5.63. The number of nitrogens with one attached hydrogen (secondary N) is 1. The molecule has 1 aromatic carbocycles. The van der Waals surface area contributed by atoms with Crippen molar-refractivity contribution in [3.8, 4) is 11.3 Å². The van der Waals surface area contributed by atoms with E-state index in [0.29, 0.717) is 0 Å². The Morgan fingerprint density at radius 1 is 1.41 bits per heavy atom. The number of halogens is 1. The van der Waals surface area contributed by atoms with E-state index < -0.39 is 0 Å². The van der Waals surface area contributed by atoms with Crippen molar-refractivity contribution >= 4 is 0 Å². The topological polar surface area (TPSA) is 29.9 Å². The van der Waals surface area contributed by atoms with E-state index in [9.17, 15) is 4.39 Å². The van der Waals surface area contributed by atoms with Gasteiger partial charge < -0.3 is 5.32 Å². The van der Waals surface area contributed by atoms with E-state index in [4.69, 9.17) is 0 Å². The smallest absolute Gasteiger partial charge is 0.123 e. The zero-order valence-electron chi connectivity index (χ0n) is 10.1. The molecule has 1 heterocycles. The fourth-order valence-electron chi connectivity index (χ4n) is 1.93. The summed E-state index contributed by atoms with van der Waals surface area (Å²) in [7, 11) is 3.79. The highest BCUT2D eigenvalue weighted by atomic mass is 19.1. The van der Waals surface area contributed by atoms with Gasteiger partial charge in [0.2, 0.25) is 0 Å². The Labute approximate surface area is 100 Å². The SMILES string of the molecule is CNCCc1cnn(C)c1-c1cccc(F)c1. The summed E-state index contributed by atoms with van der Waals surface area (Å²) < 4.78 is 15.0. The Hall–Kier alpha value is -1.68. The lowest BCUT2D eigenvalue weighted by molar-refractivity contribution is 0.628. The first-order valence-electron chi connectivity index (χ1n) is 5.64. The van der Waals surface area contributed by atoms with Crippen molar-refractivity contribution in [1.82, 2.24) is 15.1 Å². The minimum Gasteiger partial charge on any atom is -0.319 e. The molecule has 3 nitrogen and oxygen atoms in total. The molecule has 0 radical (unpaired) electrons. The van der Waals surface area contributed by atoms with Gasteiger partial charge in [-0.15, -0.1) is 0 Å². The van der Waals surface area contributed by atoms with Crippen molar-refractivity contribution in [3.63, 3.8) is 0 Å². The summed E-state index contributed by atoms with van der Waals surface area (Å²) in [4.78, 5) is 0. The molecule has 2 rings (SSSR count). The third kappa shape index (κ3) is 2.53. The minimum atomic E-state index is -0.219. The largest absolute Gasteiger partial charge is 0.319 e. The molecule has 0 atom stereocenters. The fraction of sp³-hybridized carbons (Fsp3) is 0.308. The van der Waals surface area contributed by atoms with Crippen molar-refractivity contribution in [3.05, 3.63) is 41.8 Å². The average Bonchev–Trinajstić information content (AvgIpc) is 2.68. The van der Waals surface area contributed by atoms with Gasteiger partial charge in [0.05, 0.1) is 11.9 Å². The minimum absolute atomic E-state index is 0.219. The summed E-state index contributed by atoms with van der Waals surface area (Å²) in [5, 5.41) is 7.35. The second-order valence-electron chi connectivity index (χ2n) is 4.01. The summed E-state index contributed by atoms with van der Waals surface area (Å²) in [5.74, 6) is -0.219. The molecule has 2 aromatic rings. The van der Waals surface area contributed by atoms with Crippen LogP contribution in [0.4, 0.5) is 4.39 Å². The monoisotopic (exact) mass is 233 g/mol. The van der Waals surface area contributed by atoms with Crippen molar-refractivity contribution in [1.29, 1.82) is 0 Å². The fourth-order valence-corrected chi connectivity index (χ4v) is 1.93. The molecule has 0 saturated carbocycles. The molecular weight excluding hydrogens is 217 g/mol. The first-order valence-corrected chi connectivity index (χ1v) is 5.64. The molecule has 0 aliphatic rings. The number of hydrogen-bond acceptors (Lipinski definition) is 2. The lowest BCUT2D eigenvalue weighted by atomic mass is 10.1. The standard InChI is InChI=1S/C13H16FN3/c1-15-7-6-11-9-16-17(2)13(11)10-4-3-5-12(14)8-10/h3-5,8-9,15H,6-7H2,1-2H3. The molecule has 0 bridgehead atoms. The molecule has 0 spiro atoms. The Morgan fingerprint density at radius 2 is 2.24 bits per heavy atom. The summed E-state index contributed by atoms with van der Waals surface area (Å²) in [6.07, 6.45) is 2.73. The van der Waals surface area contributed by atoms with Gasteiger partial charge in [0.15, 0.2) is 0 Å². The molecule has 90 valence electrons. The van der Waals surface area contributed by atoms with Crippen LogP contribution in [-0.4, -0.2) is 23.4 Å². The second-order valence-corrected chi connectivity index (χ2v) is 4.01. The van der Waals surface area contributed by atoms with Crippen LogP contribution in [0.5, 0.6) is 0 Å². The molecule has 0 fully saturated rings. The van der Waals surface area contributed by atoms with Gasteiger partial charge in [-0.3, -0.25) is 4.68 Å². The number of benzene rings is 1. The van der Waals surface area contributed by atoms with E-state index in [2.05, 4.69) is 10.4 Å². The molecule has 4 heteroatoms. The van der Waals surface area contributed by atoms with Crippen LogP contribution in [0.1, 0.15) is 5.56 Å². The third-order valence-corrected chi connectivity index (χ3v) is 2.76. The van der Waals surface area contributed by atoms with E-state index in [0.717, 1.165) is 29.8 Å². The quantitative estimate of drug-likeness (QED) is 0.875. The van der Waals surface area contributed by atoms with Gasteiger partial charge in [0.1, 0.15) is 5.82 Å². The van der Waals surface area contributed by atoms with Crippen LogP contribution < -0.4 is 5.32 Å². The van der Waals surface area contributed by atoms with Gasteiger partial charge in [-0.1, -0.05) is 12.1 Å². The lowest BCUT2D eigenvalue weighted by Crippen LogP contribution is -2.10. The second kappa shape index (κ2) is 5.10. The maximum absolute atomic E-state index is 13.2. The number of likely N-dealkylation sites (N-methyl/N-ethyl adjacent to an activating group) is 1. The highest BCUT2D eigenvalue weighted by Gasteiger charge is 2.10. The Balaban J connectivity index is 2.39. The van der Waals surface area contributed by atoms with Gasteiger partial charge in [-0.05, 0) is 37.7 Å². The number of hydrogen-bond donors (Lipinski definition) is 1. The maximum Gasteiger partial charge on any atom is 0.123 e. The molecule has 0 aliphatic carbocycles. The molecule has 0 aliphatic heterocycles. The van der Waals surface area contributed by atoms with Crippen LogP contribution in [0.3, 0.4) is 0 Å². The van der Waals surface area contributed by atoms with Crippen molar-refractivity contribution in [2.75, 3.05) is 13.6 Å². The number of rotatable bonds is 4. The van der Waals surface area contributed by atoms with Gasteiger partial charge in [-0.2, -0.15) is 5.10 Å². The summed E-state index contributed by atoms with van der Waals surface area (Å²) >= 11 is 0. The summed E-state index contributed by atoms with van der Waals surface area (Å²) in [5.41, 5.74) is 2.99. The zero-order chi connectivity index (χ0) is 12.3. The number of aryl methyl sites for hydroxylation is 1. The van der Waals surface area contributed by atoms with Crippen molar-refractivity contribution in [2.24, 2.45) is 7.05 Å². The van der Waals surface area contributed by atoms with Crippen LogP contribution in [-0.2, 0) is 13.5 Å². The van der Waals surface area contributed by atoms with Crippen molar-refractivity contribution in [2.45, 2.75) is 6.42 Å². The molecule has 0 amide bonds. The van der Waals surface area contributed by atoms with Gasteiger partial charge >= 0.3 is 0 Å². The first-order chi connectivity index (χ1) is 8.22. The Morgan fingerprint density at radius 3 is 2.94 bits per heavy atom. The summed E-state index contributed by atoms with van der Waals surface area (Å²) in [6, 6.07) is 6.62. The normalized spacial score (nSPS) is 10.8. The lowest BCUT2D eigenvalue weighted by Gasteiger charge is -2.06. The van der Waals surface area contributed by atoms with Gasteiger partial charge in [-0.25, -0.2) is 4.39 Å². The van der Waals surface area contributed by atoms with Gasteiger partial charge in [0, 0.05) is 12.6 Å².